The number of nitrogen functional groups attached to an aromatic ring is 1. The van der Waals surface area contributed by atoms with Crippen LogP contribution in [0, 0.1) is 6.92 Å². The van der Waals surface area contributed by atoms with Gasteiger partial charge >= 0.3 is 0 Å². The summed E-state index contributed by atoms with van der Waals surface area (Å²) in [6.07, 6.45) is 5.93. The summed E-state index contributed by atoms with van der Waals surface area (Å²) in [6.45, 7) is 9.74. The molecule has 0 aromatic carbocycles. The van der Waals surface area contributed by atoms with Crippen molar-refractivity contribution in [2.24, 2.45) is 0 Å². The SMILES string of the molecule is CCCc1nc(N)c(C)c(NCC(C)N2CCCCC2)n1. The number of aryl methyl sites for hydroxylation is 1. The van der Waals surface area contributed by atoms with Crippen LogP contribution in [-0.4, -0.2) is 40.5 Å². The first-order valence-electron chi connectivity index (χ1n) is 8.22. The third-order valence-electron chi connectivity index (χ3n) is 4.28. The first-order chi connectivity index (χ1) is 10.1. The molecule has 1 fully saturated rings. The lowest BCUT2D eigenvalue weighted by Gasteiger charge is -2.32. The molecule has 2 rings (SSSR count). The highest BCUT2D eigenvalue weighted by Gasteiger charge is 2.17. The van der Waals surface area contributed by atoms with Crippen LogP contribution in [-0.2, 0) is 6.42 Å². The van der Waals surface area contributed by atoms with Crippen LogP contribution < -0.4 is 11.1 Å². The molecular weight excluding hydrogens is 262 g/mol. The van der Waals surface area contributed by atoms with Gasteiger partial charge in [0.25, 0.3) is 0 Å². The molecule has 3 N–H and O–H groups in total. The van der Waals surface area contributed by atoms with Gasteiger partial charge in [-0.25, -0.2) is 9.97 Å². The van der Waals surface area contributed by atoms with E-state index in [9.17, 15) is 0 Å². The third kappa shape index (κ3) is 4.30. The van der Waals surface area contributed by atoms with Gasteiger partial charge in [0, 0.05) is 24.6 Å². The maximum atomic E-state index is 6.00. The van der Waals surface area contributed by atoms with Crippen LogP contribution in [0.1, 0.15) is 50.9 Å². The van der Waals surface area contributed by atoms with E-state index in [0.717, 1.165) is 36.6 Å². The summed E-state index contributed by atoms with van der Waals surface area (Å²) in [4.78, 5) is 11.5. The molecule has 1 aliphatic heterocycles. The molecule has 1 aromatic rings. The number of aromatic nitrogens is 2. The van der Waals surface area contributed by atoms with Gasteiger partial charge in [0.2, 0.25) is 0 Å². The second kappa shape index (κ2) is 7.59. The number of nitrogens with two attached hydrogens (primary N) is 1. The van der Waals surface area contributed by atoms with Crippen molar-refractivity contribution in [2.45, 2.75) is 58.9 Å². The monoisotopic (exact) mass is 291 g/mol. The molecule has 21 heavy (non-hydrogen) atoms. The largest absolute Gasteiger partial charge is 0.383 e. The lowest BCUT2D eigenvalue weighted by atomic mass is 10.1. The zero-order chi connectivity index (χ0) is 15.2. The fraction of sp³-hybridized carbons (Fsp3) is 0.750. The van der Waals surface area contributed by atoms with E-state index in [1.165, 1.54) is 32.4 Å². The summed E-state index contributed by atoms with van der Waals surface area (Å²) in [5.41, 5.74) is 6.96. The summed E-state index contributed by atoms with van der Waals surface area (Å²) in [7, 11) is 0. The minimum atomic E-state index is 0.524. The second-order valence-corrected chi connectivity index (χ2v) is 6.08. The third-order valence-corrected chi connectivity index (χ3v) is 4.28. The van der Waals surface area contributed by atoms with Crippen molar-refractivity contribution >= 4 is 11.6 Å². The van der Waals surface area contributed by atoms with E-state index in [1.54, 1.807) is 0 Å². The Hall–Kier alpha value is -1.36. The van der Waals surface area contributed by atoms with Crippen LogP contribution in [0.4, 0.5) is 11.6 Å². The van der Waals surface area contributed by atoms with Gasteiger partial charge in [-0.3, -0.25) is 4.90 Å². The molecule has 118 valence electrons. The van der Waals surface area contributed by atoms with Gasteiger partial charge in [0.05, 0.1) is 0 Å². The van der Waals surface area contributed by atoms with Gasteiger partial charge in [-0.15, -0.1) is 0 Å². The van der Waals surface area contributed by atoms with Gasteiger partial charge in [0.1, 0.15) is 17.5 Å². The van der Waals surface area contributed by atoms with Crippen molar-refractivity contribution in [1.82, 2.24) is 14.9 Å². The van der Waals surface area contributed by atoms with E-state index in [0.29, 0.717) is 11.9 Å². The Kier molecular flexibility index (Phi) is 5.79. The molecule has 1 saturated heterocycles. The zero-order valence-corrected chi connectivity index (χ0v) is 13.7. The number of likely N-dealkylation sites (tertiary alicyclic amines) is 1. The molecule has 2 heterocycles. The first-order valence-corrected chi connectivity index (χ1v) is 8.22. The second-order valence-electron chi connectivity index (χ2n) is 6.08. The van der Waals surface area contributed by atoms with Crippen molar-refractivity contribution in [1.29, 1.82) is 0 Å². The van der Waals surface area contributed by atoms with Crippen molar-refractivity contribution in [3.8, 4) is 0 Å². The summed E-state index contributed by atoms with van der Waals surface area (Å²) in [5.74, 6) is 2.34. The molecule has 0 bridgehead atoms. The van der Waals surface area contributed by atoms with Gasteiger partial charge in [-0.05, 0) is 46.2 Å². The molecule has 5 heteroatoms. The van der Waals surface area contributed by atoms with Crippen molar-refractivity contribution in [3.05, 3.63) is 11.4 Å². The molecule has 5 nitrogen and oxygen atoms in total. The normalized spacial score (nSPS) is 17.7. The minimum absolute atomic E-state index is 0.524. The highest BCUT2D eigenvalue weighted by molar-refractivity contribution is 5.54. The van der Waals surface area contributed by atoms with E-state index in [4.69, 9.17) is 5.73 Å². The Morgan fingerprint density at radius 3 is 2.62 bits per heavy atom. The summed E-state index contributed by atoms with van der Waals surface area (Å²) < 4.78 is 0. The van der Waals surface area contributed by atoms with Gasteiger partial charge in [0.15, 0.2) is 0 Å². The van der Waals surface area contributed by atoms with E-state index >= 15 is 0 Å². The minimum Gasteiger partial charge on any atom is -0.383 e. The topological polar surface area (TPSA) is 67.1 Å². The van der Waals surface area contributed by atoms with Crippen LogP contribution >= 0.6 is 0 Å². The quantitative estimate of drug-likeness (QED) is 0.843. The maximum absolute atomic E-state index is 6.00. The van der Waals surface area contributed by atoms with E-state index < -0.39 is 0 Å². The van der Waals surface area contributed by atoms with Gasteiger partial charge in [-0.2, -0.15) is 0 Å². The lowest BCUT2D eigenvalue weighted by molar-refractivity contribution is 0.180. The molecule has 0 amide bonds. The molecule has 1 atom stereocenters. The Labute approximate surface area is 128 Å². The fourth-order valence-electron chi connectivity index (χ4n) is 2.82. The maximum Gasteiger partial charge on any atom is 0.134 e. The van der Waals surface area contributed by atoms with Gasteiger partial charge in [-0.1, -0.05) is 13.3 Å². The highest BCUT2D eigenvalue weighted by Crippen LogP contribution is 2.19. The predicted octanol–water partition coefficient (Wildman–Crippen LogP) is 2.61. The molecule has 0 radical (unpaired) electrons. The Bertz CT molecular complexity index is 454. The van der Waals surface area contributed by atoms with Crippen LogP contribution in [0.25, 0.3) is 0 Å². The van der Waals surface area contributed by atoms with Crippen LogP contribution in [0.15, 0.2) is 0 Å². The van der Waals surface area contributed by atoms with E-state index in [1.807, 2.05) is 6.92 Å². The summed E-state index contributed by atoms with van der Waals surface area (Å²) in [6, 6.07) is 0.524. The molecule has 0 saturated carbocycles. The Morgan fingerprint density at radius 1 is 1.24 bits per heavy atom. The van der Waals surface area contributed by atoms with Crippen LogP contribution in [0.3, 0.4) is 0 Å². The number of hydrogen-bond donors (Lipinski definition) is 2. The molecule has 1 aromatic heterocycles. The average Bonchev–Trinajstić information content (AvgIpc) is 2.50. The molecule has 1 unspecified atom stereocenters. The summed E-state index contributed by atoms with van der Waals surface area (Å²) >= 11 is 0. The smallest absolute Gasteiger partial charge is 0.134 e. The molecule has 1 aliphatic rings. The van der Waals surface area contributed by atoms with Crippen LogP contribution in [0.5, 0.6) is 0 Å². The van der Waals surface area contributed by atoms with Gasteiger partial charge < -0.3 is 11.1 Å². The van der Waals surface area contributed by atoms with Crippen LogP contribution in [0.2, 0.25) is 0 Å². The predicted molar refractivity (Wildman–Crippen MR) is 88.6 cm³/mol. The van der Waals surface area contributed by atoms with E-state index in [2.05, 4.69) is 34.0 Å². The number of nitrogens with zero attached hydrogens (tertiary/aromatic N) is 3. The molecule has 0 spiro atoms. The van der Waals surface area contributed by atoms with Crippen molar-refractivity contribution in [3.63, 3.8) is 0 Å². The lowest BCUT2D eigenvalue weighted by Crippen LogP contribution is -2.41. The first kappa shape index (κ1) is 16.0. The number of nitrogens with one attached hydrogen (secondary N) is 1. The van der Waals surface area contributed by atoms with Crippen molar-refractivity contribution in [2.75, 3.05) is 30.7 Å². The average molecular weight is 291 g/mol. The Morgan fingerprint density at radius 2 is 1.95 bits per heavy atom. The molecule has 0 aliphatic carbocycles. The highest BCUT2D eigenvalue weighted by atomic mass is 15.2. The summed E-state index contributed by atoms with van der Waals surface area (Å²) in [5, 5.41) is 3.48. The number of piperidine rings is 1. The zero-order valence-electron chi connectivity index (χ0n) is 13.7. The fourth-order valence-corrected chi connectivity index (χ4v) is 2.82. The number of hydrogen-bond acceptors (Lipinski definition) is 5. The van der Waals surface area contributed by atoms with E-state index in [-0.39, 0.29) is 0 Å². The molecular formula is C16H29N5. The standard InChI is InChI=1S/C16H29N5/c1-4-8-14-19-15(17)13(3)16(20-14)18-11-12(2)21-9-6-5-7-10-21/h12H,4-11H2,1-3H3,(H3,17,18,19,20). The van der Waals surface area contributed by atoms with Crippen molar-refractivity contribution < 1.29 is 0 Å². The Balaban J connectivity index is 1.98. The number of rotatable bonds is 6. The number of anilines is 2.